The maximum Gasteiger partial charge on any atom is 0.416 e. The summed E-state index contributed by atoms with van der Waals surface area (Å²) in [5.74, 6) is -0.338. The summed E-state index contributed by atoms with van der Waals surface area (Å²) in [5.41, 5.74) is 5.25. The van der Waals surface area contributed by atoms with Gasteiger partial charge in [-0.3, -0.25) is 9.59 Å². The van der Waals surface area contributed by atoms with Gasteiger partial charge in [-0.2, -0.15) is 13.2 Å². The molecule has 2 aromatic heterocycles. The number of nitrogens with zero attached hydrogens (tertiary/aromatic N) is 2. The lowest BCUT2D eigenvalue weighted by molar-refractivity contribution is -0.137. The molecule has 2 amide bonds. The van der Waals surface area contributed by atoms with Crippen LogP contribution < -0.4 is 16.0 Å². The van der Waals surface area contributed by atoms with Crippen molar-refractivity contribution in [3.63, 3.8) is 0 Å². The highest BCUT2D eigenvalue weighted by atomic mass is 19.4. The highest BCUT2D eigenvalue weighted by Crippen LogP contribution is 2.32. The van der Waals surface area contributed by atoms with E-state index in [-0.39, 0.29) is 28.9 Å². The number of hydrogen-bond donors (Lipinski definition) is 2. The van der Waals surface area contributed by atoms with Gasteiger partial charge in [-0.05, 0) is 49.2 Å². The second kappa shape index (κ2) is 8.97. The van der Waals surface area contributed by atoms with Crippen LogP contribution in [-0.4, -0.2) is 29.9 Å². The Hall–Kier alpha value is -3.82. The first-order valence-corrected chi connectivity index (χ1v) is 10.3. The fourth-order valence-corrected chi connectivity index (χ4v) is 3.72. The Morgan fingerprint density at radius 1 is 1.15 bits per heavy atom. The molecule has 3 heterocycles. The van der Waals surface area contributed by atoms with Crippen LogP contribution in [0.4, 0.5) is 24.7 Å². The summed E-state index contributed by atoms with van der Waals surface area (Å²) < 4.78 is 44.3. The Labute approximate surface area is 187 Å². The lowest BCUT2D eigenvalue weighted by Gasteiger charge is -2.32. The topological polar surface area (TPSA) is 101 Å². The van der Waals surface area contributed by atoms with Crippen molar-refractivity contribution in [3.05, 3.63) is 66.1 Å². The van der Waals surface area contributed by atoms with Crippen LogP contribution in [0.15, 0.2) is 59.1 Å². The highest BCUT2D eigenvalue weighted by molar-refractivity contribution is 6.02. The van der Waals surface area contributed by atoms with Gasteiger partial charge in [0.15, 0.2) is 5.76 Å². The van der Waals surface area contributed by atoms with Crippen LogP contribution in [-0.2, 0) is 11.0 Å². The van der Waals surface area contributed by atoms with Gasteiger partial charge >= 0.3 is 6.18 Å². The zero-order valence-electron chi connectivity index (χ0n) is 17.4. The number of alkyl halides is 3. The molecular weight excluding hydrogens is 437 g/mol. The number of piperidine rings is 1. The Balaban J connectivity index is 1.42. The van der Waals surface area contributed by atoms with Crippen molar-refractivity contribution < 1.29 is 27.2 Å². The number of pyridine rings is 1. The number of primary amides is 1. The molecule has 1 saturated heterocycles. The van der Waals surface area contributed by atoms with E-state index in [9.17, 15) is 22.8 Å². The number of nitrogens with two attached hydrogens (primary N) is 1. The molecular formula is C23H21F3N4O3. The maximum absolute atomic E-state index is 12.9. The van der Waals surface area contributed by atoms with Gasteiger partial charge in [0.05, 0.1) is 23.4 Å². The quantitative estimate of drug-likeness (QED) is 0.593. The summed E-state index contributed by atoms with van der Waals surface area (Å²) in [4.78, 5) is 30.3. The van der Waals surface area contributed by atoms with Crippen LogP contribution in [0, 0.1) is 5.92 Å². The van der Waals surface area contributed by atoms with E-state index < -0.39 is 17.6 Å². The molecule has 172 valence electrons. The number of carbonyl (C=O) groups is 2. The molecule has 0 bridgehead atoms. The first-order chi connectivity index (χ1) is 15.7. The molecule has 4 rings (SSSR count). The number of furan rings is 1. The molecule has 1 aliphatic heterocycles. The molecule has 1 aliphatic rings. The third kappa shape index (κ3) is 5.16. The third-order valence-corrected chi connectivity index (χ3v) is 5.46. The average molecular weight is 458 g/mol. The van der Waals surface area contributed by atoms with E-state index in [1.54, 1.807) is 12.1 Å². The molecule has 0 saturated carbocycles. The zero-order chi connectivity index (χ0) is 23.6. The zero-order valence-corrected chi connectivity index (χ0v) is 17.4. The number of halogens is 3. The Kier molecular flexibility index (Phi) is 6.08. The molecule has 3 aromatic rings. The summed E-state index contributed by atoms with van der Waals surface area (Å²) in [6, 6.07) is 10.9. The van der Waals surface area contributed by atoms with E-state index in [0.717, 1.165) is 31.5 Å². The summed E-state index contributed by atoms with van der Waals surface area (Å²) in [5, 5.41) is 2.65. The number of amides is 2. The van der Waals surface area contributed by atoms with E-state index in [0.29, 0.717) is 18.1 Å². The molecule has 10 heteroatoms. The van der Waals surface area contributed by atoms with Crippen molar-refractivity contribution in [1.82, 2.24) is 4.98 Å². The molecule has 1 aromatic carbocycles. The van der Waals surface area contributed by atoms with Crippen molar-refractivity contribution in [2.75, 3.05) is 23.3 Å². The summed E-state index contributed by atoms with van der Waals surface area (Å²) in [7, 11) is 0. The molecule has 1 unspecified atom stereocenters. The van der Waals surface area contributed by atoms with Crippen molar-refractivity contribution in [2.24, 2.45) is 11.7 Å². The van der Waals surface area contributed by atoms with Crippen LogP contribution in [0.1, 0.15) is 29.0 Å². The summed E-state index contributed by atoms with van der Waals surface area (Å²) in [6.45, 7) is 1.26. The minimum absolute atomic E-state index is 0.0492. The fourth-order valence-electron chi connectivity index (χ4n) is 3.72. The number of carbonyl (C=O) groups excluding carboxylic acids is 2. The predicted octanol–water partition coefficient (Wildman–Crippen LogP) is 4.31. The molecule has 33 heavy (non-hydrogen) atoms. The Morgan fingerprint density at radius 3 is 2.67 bits per heavy atom. The van der Waals surface area contributed by atoms with Crippen LogP contribution in [0.25, 0.3) is 11.3 Å². The number of anilines is 2. The van der Waals surface area contributed by atoms with Gasteiger partial charge in [-0.15, -0.1) is 0 Å². The van der Waals surface area contributed by atoms with Gasteiger partial charge in [-0.25, -0.2) is 4.98 Å². The van der Waals surface area contributed by atoms with Gasteiger partial charge < -0.3 is 20.4 Å². The minimum Gasteiger partial charge on any atom is -0.451 e. The van der Waals surface area contributed by atoms with Crippen molar-refractivity contribution in [3.8, 4) is 11.3 Å². The Morgan fingerprint density at radius 2 is 1.97 bits per heavy atom. The van der Waals surface area contributed by atoms with Gasteiger partial charge in [0.2, 0.25) is 5.91 Å². The number of benzene rings is 1. The van der Waals surface area contributed by atoms with Crippen LogP contribution >= 0.6 is 0 Å². The van der Waals surface area contributed by atoms with E-state index in [2.05, 4.69) is 10.3 Å². The number of aromatic nitrogens is 1. The van der Waals surface area contributed by atoms with Gasteiger partial charge in [0, 0.05) is 18.7 Å². The number of rotatable bonds is 5. The van der Waals surface area contributed by atoms with Gasteiger partial charge in [0.25, 0.3) is 5.91 Å². The second-order valence-corrected chi connectivity index (χ2v) is 7.79. The van der Waals surface area contributed by atoms with Gasteiger partial charge in [0.1, 0.15) is 11.6 Å². The molecule has 1 fully saturated rings. The molecule has 1 atom stereocenters. The van der Waals surface area contributed by atoms with Crippen molar-refractivity contribution in [1.29, 1.82) is 0 Å². The normalized spacial score (nSPS) is 16.5. The van der Waals surface area contributed by atoms with Crippen molar-refractivity contribution in [2.45, 2.75) is 19.0 Å². The minimum atomic E-state index is -4.48. The van der Waals surface area contributed by atoms with E-state index in [1.165, 1.54) is 30.5 Å². The summed E-state index contributed by atoms with van der Waals surface area (Å²) in [6.07, 6.45) is -1.40. The first kappa shape index (κ1) is 22.4. The summed E-state index contributed by atoms with van der Waals surface area (Å²) >= 11 is 0. The largest absolute Gasteiger partial charge is 0.451 e. The van der Waals surface area contributed by atoms with E-state index in [1.807, 2.05) is 4.90 Å². The second-order valence-electron chi connectivity index (χ2n) is 7.79. The van der Waals surface area contributed by atoms with E-state index >= 15 is 0 Å². The SMILES string of the molecule is NC(=O)C1CCCN(c2ccc(NC(=O)c3ccc(-c4cccc(C(F)(F)F)c4)o3)cn2)C1. The first-order valence-electron chi connectivity index (χ1n) is 10.3. The van der Waals surface area contributed by atoms with E-state index in [4.69, 9.17) is 10.2 Å². The smallest absolute Gasteiger partial charge is 0.416 e. The van der Waals surface area contributed by atoms with Crippen LogP contribution in [0.5, 0.6) is 0 Å². The molecule has 0 spiro atoms. The van der Waals surface area contributed by atoms with Crippen LogP contribution in [0.3, 0.4) is 0 Å². The van der Waals surface area contributed by atoms with Crippen molar-refractivity contribution >= 4 is 23.3 Å². The number of nitrogens with one attached hydrogen (secondary N) is 1. The monoisotopic (exact) mass is 458 g/mol. The molecule has 7 nitrogen and oxygen atoms in total. The molecule has 0 radical (unpaired) electrons. The fraction of sp³-hybridized carbons (Fsp3) is 0.261. The Bertz CT molecular complexity index is 1160. The standard InChI is InChI=1S/C23H21F3N4O3/c24-23(25,26)16-5-1-3-14(11-16)18-7-8-19(33-18)22(32)29-17-6-9-20(28-12-17)30-10-2-4-15(13-30)21(27)31/h1,3,5-9,11-12,15H,2,4,10,13H2,(H2,27,31)(H,29,32). The number of hydrogen-bond acceptors (Lipinski definition) is 5. The highest BCUT2D eigenvalue weighted by Gasteiger charge is 2.30. The lowest BCUT2D eigenvalue weighted by atomic mass is 9.97. The third-order valence-electron chi connectivity index (χ3n) is 5.46. The maximum atomic E-state index is 12.9. The predicted molar refractivity (Wildman–Crippen MR) is 115 cm³/mol. The molecule has 0 aliphatic carbocycles. The van der Waals surface area contributed by atoms with Crippen LogP contribution in [0.2, 0.25) is 0 Å². The van der Waals surface area contributed by atoms with Gasteiger partial charge in [-0.1, -0.05) is 12.1 Å². The lowest BCUT2D eigenvalue weighted by Crippen LogP contribution is -2.41. The molecule has 3 N–H and O–H groups in total. The average Bonchev–Trinajstić information content (AvgIpc) is 3.30.